The first-order valence-corrected chi connectivity index (χ1v) is 10.1. The molecule has 3 heterocycles. The fourth-order valence-electron chi connectivity index (χ4n) is 4.04. The summed E-state index contributed by atoms with van der Waals surface area (Å²) in [4.78, 5) is 31.0. The van der Waals surface area contributed by atoms with Gasteiger partial charge in [0.25, 0.3) is 5.56 Å². The Labute approximate surface area is 179 Å². The second kappa shape index (κ2) is 7.33. The second-order valence-corrected chi connectivity index (χ2v) is 8.11. The van der Waals surface area contributed by atoms with Gasteiger partial charge in [-0.3, -0.25) is 22.9 Å². The van der Waals surface area contributed by atoms with Crippen LogP contribution in [0.25, 0.3) is 22.6 Å². The van der Waals surface area contributed by atoms with Crippen molar-refractivity contribution >= 4 is 16.9 Å². The predicted octanol–water partition coefficient (Wildman–Crippen LogP) is 2.43. The van der Waals surface area contributed by atoms with Crippen LogP contribution >= 0.6 is 0 Å². The SMILES string of the molecule is COc1ccc(OC)c(-n2c(C)c(C)n3c4c(=O)n(CC(C)C)c(=O)n(C)c4nc23)c1. The third-order valence-electron chi connectivity index (χ3n) is 5.69. The molecule has 0 spiro atoms. The highest BCUT2D eigenvalue weighted by Gasteiger charge is 2.24. The van der Waals surface area contributed by atoms with E-state index >= 15 is 0 Å². The highest BCUT2D eigenvalue weighted by molar-refractivity contribution is 5.77. The van der Waals surface area contributed by atoms with Gasteiger partial charge >= 0.3 is 5.69 Å². The molecule has 9 nitrogen and oxygen atoms in total. The molecule has 4 aromatic rings. The van der Waals surface area contributed by atoms with Crippen LogP contribution in [-0.2, 0) is 13.6 Å². The first-order chi connectivity index (χ1) is 14.7. The van der Waals surface area contributed by atoms with Gasteiger partial charge < -0.3 is 9.47 Å². The minimum absolute atomic E-state index is 0.153. The molecule has 0 radical (unpaired) electrons. The number of aromatic nitrogens is 5. The zero-order valence-electron chi connectivity index (χ0n) is 18.9. The van der Waals surface area contributed by atoms with E-state index in [0.717, 1.165) is 17.1 Å². The lowest BCUT2D eigenvalue weighted by Crippen LogP contribution is -2.40. The Morgan fingerprint density at radius 2 is 1.77 bits per heavy atom. The fraction of sp³-hybridized carbons (Fsp3) is 0.409. The molecule has 0 saturated heterocycles. The van der Waals surface area contributed by atoms with Crippen LogP contribution in [0, 0.1) is 19.8 Å². The van der Waals surface area contributed by atoms with Gasteiger partial charge in [0.15, 0.2) is 11.2 Å². The van der Waals surface area contributed by atoms with Crippen molar-refractivity contribution in [1.29, 1.82) is 0 Å². The number of aryl methyl sites for hydroxylation is 2. The number of imidazole rings is 2. The molecule has 31 heavy (non-hydrogen) atoms. The maximum atomic E-state index is 13.4. The van der Waals surface area contributed by atoms with Gasteiger partial charge in [0.05, 0.1) is 19.9 Å². The minimum atomic E-state index is -0.369. The van der Waals surface area contributed by atoms with E-state index in [2.05, 4.69) is 0 Å². The summed E-state index contributed by atoms with van der Waals surface area (Å²) in [6.07, 6.45) is 0. The monoisotopic (exact) mass is 425 g/mol. The van der Waals surface area contributed by atoms with Crippen LogP contribution in [0.4, 0.5) is 0 Å². The topological polar surface area (TPSA) is 84.7 Å². The lowest BCUT2D eigenvalue weighted by atomic mass is 10.2. The summed E-state index contributed by atoms with van der Waals surface area (Å²) < 4.78 is 17.5. The van der Waals surface area contributed by atoms with E-state index in [1.54, 1.807) is 21.3 Å². The Balaban J connectivity index is 2.17. The van der Waals surface area contributed by atoms with E-state index in [1.807, 2.05) is 54.9 Å². The number of fused-ring (bicyclic) bond motifs is 3. The average Bonchev–Trinajstić information content (AvgIpc) is 3.24. The van der Waals surface area contributed by atoms with Gasteiger partial charge in [-0.05, 0) is 31.9 Å². The highest BCUT2D eigenvalue weighted by atomic mass is 16.5. The number of hydrogen-bond donors (Lipinski definition) is 0. The van der Waals surface area contributed by atoms with E-state index < -0.39 is 0 Å². The number of nitrogens with zero attached hydrogens (tertiary/aromatic N) is 5. The molecule has 0 N–H and O–H groups in total. The normalized spacial score (nSPS) is 11.7. The maximum Gasteiger partial charge on any atom is 0.332 e. The molecule has 0 saturated carbocycles. The van der Waals surface area contributed by atoms with Gasteiger partial charge in [0, 0.05) is 31.0 Å². The Bertz CT molecular complexity index is 1430. The van der Waals surface area contributed by atoms with Crippen LogP contribution in [0.15, 0.2) is 27.8 Å². The van der Waals surface area contributed by atoms with Crippen molar-refractivity contribution in [2.24, 2.45) is 13.0 Å². The van der Waals surface area contributed by atoms with Crippen molar-refractivity contribution in [3.8, 4) is 17.2 Å². The minimum Gasteiger partial charge on any atom is -0.497 e. The lowest BCUT2D eigenvalue weighted by Gasteiger charge is -2.13. The number of methoxy groups -OCH3 is 2. The maximum absolute atomic E-state index is 13.4. The number of benzene rings is 1. The van der Waals surface area contributed by atoms with Gasteiger partial charge in [-0.15, -0.1) is 0 Å². The first kappa shape index (κ1) is 20.8. The van der Waals surface area contributed by atoms with Crippen molar-refractivity contribution in [3.05, 3.63) is 50.4 Å². The molecule has 1 aromatic carbocycles. The summed E-state index contributed by atoms with van der Waals surface area (Å²) in [7, 11) is 4.85. The van der Waals surface area contributed by atoms with Crippen molar-refractivity contribution < 1.29 is 9.47 Å². The molecule has 0 bridgehead atoms. The molecule has 9 heteroatoms. The molecular weight excluding hydrogens is 398 g/mol. The molecule has 0 atom stereocenters. The van der Waals surface area contributed by atoms with Crippen LogP contribution in [0.2, 0.25) is 0 Å². The molecular formula is C22H27N5O4. The molecule has 0 aliphatic carbocycles. The van der Waals surface area contributed by atoms with E-state index in [9.17, 15) is 9.59 Å². The molecule has 0 amide bonds. The molecule has 0 unspecified atom stereocenters. The smallest absolute Gasteiger partial charge is 0.332 e. The third kappa shape index (κ3) is 2.95. The van der Waals surface area contributed by atoms with Crippen LogP contribution in [-0.4, -0.2) is 37.3 Å². The van der Waals surface area contributed by atoms with E-state index in [0.29, 0.717) is 35.0 Å². The number of ether oxygens (including phenoxy) is 2. The summed E-state index contributed by atoms with van der Waals surface area (Å²) in [6.45, 7) is 8.19. The van der Waals surface area contributed by atoms with Crippen LogP contribution in [0.3, 0.4) is 0 Å². The van der Waals surface area contributed by atoms with Crippen LogP contribution in [0.1, 0.15) is 25.2 Å². The summed E-state index contributed by atoms with van der Waals surface area (Å²) >= 11 is 0. The van der Waals surface area contributed by atoms with Gasteiger partial charge in [-0.25, -0.2) is 4.79 Å². The second-order valence-electron chi connectivity index (χ2n) is 8.11. The molecule has 0 fully saturated rings. The third-order valence-corrected chi connectivity index (χ3v) is 5.69. The Morgan fingerprint density at radius 3 is 2.39 bits per heavy atom. The Hall–Kier alpha value is -3.49. The van der Waals surface area contributed by atoms with Gasteiger partial charge in [-0.1, -0.05) is 13.8 Å². The molecule has 164 valence electrons. The lowest BCUT2D eigenvalue weighted by molar-refractivity contribution is 0.401. The largest absolute Gasteiger partial charge is 0.497 e. The van der Waals surface area contributed by atoms with Crippen LogP contribution < -0.4 is 20.7 Å². The van der Waals surface area contributed by atoms with Crippen molar-refractivity contribution in [3.63, 3.8) is 0 Å². The summed E-state index contributed by atoms with van der Waals surface area (Å²) in [6, 6.07) is 5.51. The van der Waals surface area contributed by atoms with Crippen molar-refractivity contribution in [2.45, 2.75) is 34.2 Å². The summed E-state index contributed by atoms with van der Waals surface area (Å²) in [5.74, 6) is 1.99. The predicted molar refractivity (Wildman–Crippen MR) is 119 cm³/mol. The molecule has 4 rings (SSSR count). The number of hydrogen-bond acceptors (Lipinski definition) is 5. The Kier molecular flexibility index (Phi) is 4.91. The van der Waals surface area contributed by atoms with Gasteiger partial charge in [0.2, 0.25) is 5.78 Å². The Morgan fingerprint density at radius 1 is 1.06 bits per heavy atom. The van der Waals surface area contributed by atoms with Gasteiger partial charge in [0.1, 0.15) is 11.5 Å². The number of rotatable bonds is 5. The van der Waals surface area contributed by atoms with Gasteiger partial charge in [-0.2, -0.15) is 4.98 Å². The zero-order chi connectivity index (χ0) is 22.6. The van der Waals surface area contributed by atoms with E-state index in [4.69, 9.17) is 14.5 Å². The van der Waals surface area contributed by atoms with E-state index in [-0.39, 0.29) is 17.2 Å². The standard InChI is InChI=1S/C22H27N5O4/c1-12(2)11-25-20(28)18-19(24(5)22(25)29)23-21-26(13(3)14(4)27(18)21)16-10-15(30-6)8-9-17(16)31-7/h8-10,12H,11H2,1-7H3. The fourth-order valence-corrected chi connectivity index (χ4v) is 4.04. The van der Waals surface area contributed by atoms with Crippen molar-refractivity contribution in [1.82, 2.24) is 23.1 Å². The molecule has 3 aromatic heterocycles. The van der Waals surface area contributed by atoms with Crippen molar-refractivity contribution in [2.75, 3.05) is 14.2 Å². The van der Waals surface area contributed by atoms with E-state index in [1.165, 1.54) is 9.13 Å². The molecule has 0 aliphatic heterocycles. The zero-order valence-corrected chi connectivity index (χ0v) is 18.9. The quantitative estimate of drug-likeness (QED) is 0.490. The van der Waals surface area contributed by atoms with Crippen LogP contribution in [0.5, 0.6) is 11.5 Å². The summed E-state index contributed by atoms with van der Waals surface area (Å²) in [5.41, 5.74) is 2.53. The summed E-state index contributed by atoms with van der Waals surface area (Å²) in [5, 5.41) is 0. The molecule has 0 aliphatic rings. The average molecular weight is 425 g/mol. The highest BCUT2D eigenvalue weighted by Crippen LogP contribution is 2.32. The first-order valence-electron chi connectivity index (χ1n) is 10.1.